The van der Waals surface area contributed by atoms with Gasteiger partial charge < -0.3 is 20.1 Å². The summed E-state index contributed by atoms with van der Waals surface area (Å²) < 4.78 is 12.2. The van der Waals surface area contributed by atoms with Gasteiger partial charge in [-0.15, -0.1) is 0 Å². The summed E-state index contributed by atoms with van der Waals surface area (Å²) in [4.78, 5) is 0. The molecule has 24 heavy (non-hydrogen) atoms. The Hall–Kier alpha value is -1.49. The second-order valence-corrected chi connectivity index (χ2v) is 7.86. The van der Waals surface area contributed by atoms with E-state index in [1.807, 2.05) is 18.2 Å². The highest BCUT2D eigenvalue weighted by atomic mass is 32.1. The zero-order valence-electron chi connectivity index (χ0n) is 14.3. The van der Waals surface area contributed by atoms with Gasteiger partial charge in [0.1, 0.15) is 0 Å². The van der Waals surface area contributed by atoms with Gasteiger partial charge in [0.2, 0.25) is 0 Å². The van der Waals surface area contributed by atoms with Crippen molar-refractivity contribution in [3.05, 3.63) is 18.2 Å². The van der Waals surface area contributed by atoms with Gasteiger partial charge in [0.25, 0.3) is 5.79 Å². The highest BCUT2D eigenvalue weighted by Gasteiger charge is 2.44. The number of benzene rings is 1. The molecule has 0 radical (unpaired) electrons. The number of nitrogens with one attached hydrogen (secondary N) is 2. The van der Waals surface area contributed by atoms with Crippen LogP contribution in [0.5, 0.6) is 11.5 Å². The minimum Gasteiger partial charge on any atom is -0.448 e. The topological polar surface area (TPSA) is 42.5 Å². The van der Waals surface area contributed by atoms with Crippen LogP contribution >= 0.6 is 12.2 Å². The summed E-state index contributed by atoms with van der Waals surface area (Å²) in [5.74, 6) is 1.95. The molecule has 130 valence electrons. The first-order valence-electron chi connectivity index (χ1n) is 9.23. The molecule has 2 saturated carbocycles. The molecule has 0 amide bonds. The molecular weight excluding hydrogens is 320 g/mol. The molecule has 5 heteroatoms. The maximum Gasteiger partial charge on any atom is 0.251 e. The van der Waals surface area contributed by atoms with Gasteiger partial charge in [-0.1, -0.05) is 19.8 Å². The molecule has 1 spiro atoms. The molecule has 4 rings (SSSR count). The number of rotatable bonds is 2. The summed E-state index contributed by atoms with van der Waals surface area (Å²) >= 11 is 5.50. The Morgan fingerprint density at radius 3 is 2.62 bits per heavy atom. The maximum atomic E-state index is 6.12. The Morgan fingerprint density at radius 1 is 1.08 bits per heavy atom. The van der Waals surface area contributed by atoms with Gasteiger partial charge in [0.15, 0.2) is 16.6 Å². The predicted octanol–water partition coefficient (Wildman–Crippen LogP) is 4.59. The molecule has 1 aromatic carbocycles. The van der Waals surface area contributed by atoms with E-state index in [-0.39, 0.29) is 0 Å². The number of hydrogen-bond acceptors (Lipinski definition) is 3. The zero-order chi connectivity index (χ0) is 16.6. The third kappa shape index (κ3) is 3.18. The lowest BCUT2D eigenvalue weighted by molar-refractivity contribution is -0.0716. The lowest BCUT2D eigenvalue weighted by Crippen LogP contribution is -2.43. The molecule has 2 fully saturated rings. The van der Waals surface area contributed by atoms with Crippen molar-refractivity contribution in [2.75, 3.05) is 5.32 Å². The number of thiocarbonyl (C=S) groups is 1. The summed E-state index contributed by atoms with van der Waals surface area (Å²) in [6, 6.07) is 6.47. The molecule has 1 heterocycles. The van der Waals surface area contributed by atoms with Crippen molar-refractivity contribution in [2.45, 2.75) is 70.1 Å². The van der Waals surface area contributed by atoms with Crippen LogP contribution < -0.4 is 20.1 Å². The van der Waals surface area contributed by atoms with Crippen LogP contribution in [0.15, 0.2) is 18.2 Å². The van der Waals surface area contributed by atoms with Crippen molar-refractivity contribution in [3.63, 3.8) is 0 Å². The first-order chi connectivity index (χ1) is 11.6. The van der Waals surface area contributed by atoms with E-state index in [1.54, 1.807) is 0 Å². The second kappa shape index (κ2) is 6.43. The van der Waals surface area contributed by atoms with Crippen LogP contribution in [0.2, 0.25) is 0 Å². The third-order valence-electron chi connectivity index (χ3n) is 5.59. The fourth-order valence-electron chi connectivity index (χ4n) is 4.16. The van der Waals surface area contributed by atoms with Gasteiger partial charge in [-0.3, -0.25) is 0 Å². The predicted molar refractivity (Wildman–Crippen MR) is 99.7 cm³/mol. The summed E-state index contributed by atoms with van der Waals surface area (Å²) in [6.45, 7) is 2.31. The first-order valence-corrected chi connectivity index (χ1v) is 9.64. The Labute approximate surface area is 149 Å². The molecule has 0 bridgehead atoms. The average Bonchev–Trinajstić information content (AvgIpc) is 3.15. The molecule has 1 aromatic rings. The van der Waals surface area contributed by atoms with Crippen molar-refractivity contribution < 1.29 is 9.47 Å². The van der Waals surface area contributed by atoms with E-state index in [0.717, 1.165) is 30.0 Å². The molecule has 0 aromatic heterocycles. The monoisotopic (exact) mass is 346 g/mol. The SMILES string of the molecule is C[C@@H]1CCCC[C@H]1NC(=S)Nc1ccc2c(c1)OC1(CCCC1)O2. The summed E-state index contributed by atoms with van der Waals surface area (Å²) in [5, 5.41) is 7.48. The van der Waals surface area contributed by atoms with Crippen molar-refractivity contribution in [1.82, 2.24) is 5.32 Å². The fraction of sp³-hybridized carbons (Fsp3) is 0.632. The number of anilines is 1. The molecule has 3 aliphatic rings. The lowest BCUT2D eigenvalue weighted by atomic mass is 9.86. The highest BCUT2D eigenvalue weighted by molar-refractivity contribution is 7.80. The molecule has 0 saturated heterocycles. The first kappa shape index (κ1) is 16.0. The van der Waals surface area contributed by atoms with Crippen LogP contribution in [0.1, 0.15) is 58.3 Å². The molecule has 4 nitrogen and oxygen atoms in total. The quantitative estimate of drug-likeness (QED) is 0.767. The van der Waals surface area contributed by atoms with Crippen LogP contribution in [0.25, 0.3) is 0 Å². The number of fused-ring (bicyclic) bond motifs is 1. The van der Waals surface area contributed by atoms with E-state index in [4.69, 9.17) is 21.7 Å². The Morgan fingerprint density at radius 2 is 1.83 bits per heavy atom. The molecule has 2 aliphatic carbocycles. The van der Waals surface area contributed by atoms with Gasteiger partial charge in [-0.05, 0) is 56.0 Å². The van der Waals surface area contributed by atoms with Crippen LogP contribution in [-0.2, 0) is 0 Å². The highest BCUT2D eigenvalue weighted by Crippen LogP contribution is 2.47. The van der Waals surface area contributed by atoms with E-state index < -0.39 is 5.79 Å². The Kier molecular flexibility index (Phi) is 4.29. The van der Waals surface area contributed by atoms with Crippen molar-refractivity contribution >= 4 is 23.0 Å². The normalized spacial score (nSPS) is 27.2. The largest absolute Gasteiger partial charge is 0.448 e. The van der Waals surface area contributed by atoms with E-state index in [1.165, 1.54) is 38.5 Å². The van der Waals surface area contributed by atoms with E-state index in [0.29, 0.717) is 17.1 Å². The standard InChI is InChI=1S/C19H26N2O2S/c1-13-6-2-3-7-15(13)21-18(24)20-14-8-9-16-17(12-14)23-19(22-16)10-4-5-11-19/h8-9,12-13,15H,2-7,10-11H2,1H3,(H2,20,21,24)/t13-,15-/m1/s1. The summed E-state index contributed by atoms with van der Waals surface area (Å²) in [7, 11) is 0. The van der Waals surface area contributed by atoms with Crippen LogP contribution in [0.3, 0.4) is 0 Å². The second-order valence-electron chi connectivity index (χ2n) is 7.45. The molecule has 1 aliphatic heterocycles. The maximum absolute atomic E-state index is 6.12. The molecule has 0 unspecified atom stereocenters. The van der Waals surface area contributed by atoms with Gasteiger partial charge in [0.05, 0.1) is 0 Å². The van der Waals surface area contributed by atoms with Crippen LogP contribution in [0, 0.1) is 5.92 Å². The molecule has 2 atom stereocenters. The van der Waals surface area contributed by atoms with Gasteiger partial charge in [-0.2, -0.15) is 0 Å². The fourth-order valence-corrected chi connectivity index (χ4v) is 4.42. The third-order valence-corrected chi connectivity index (χ3v) is 5.81. The summed E-state index contributed by atoms with van der Waals surface area (Å²) in [6.07, 6.45) is 9.41. The minimum atomic E-state index is -0.406. The smallest absolute Gasteiger partial charge is 0.251 e. The molecule has 2 N–H and O–H groups in total. The van der Waals surface area contributed by atoms with Crippen molar-refractivity contribution in [1.29, 1.82) is 0 Å². The van der Waals surface area contributed by atoms with Gasteiger partial charge in [-0.25, -0.2) is 0 Å². The van der Waals surface area contributed by atoms with E-state index in [9.17, 15) is 0 Å². The average molecular weight is 346 g/mol. The van der Waals surface area contributed by atoms with Crippen molar-refractivity contribution in [2.24, 2.45) is 5.92 Å². The molecular formula is C19H26N2O2S. The van der Waals surface area contributed by atoms with Crippen LogP contribution in [-0.4, -0.2) is 16.9 Å². The van der Waals surface area contributed by atoms with E-state index >= 15 is 0 Å². The van der Waals surface area contributed by atoms with Gasteiger partial charge in [0, 0.05) is 30.6 Å². The Bertz CT molecular complexity index is 628. The lowest BCUT2D eigenvalue weighted by Gasteiger charge is -2.30. The van der Waals surface area contributed by atoms with Crippen molar-refractivity contribution in [3.8, 4) is 11.5 Å². The minimum absolute atomic E-state index is 0.406. The number of ether oxygens (including phenoxy) is 2. The number of hydrogen-bond donors (Lipinski definition) is 2. The van der Waals surface area contributed by atoms with Gasteiger partial charge >= 0.3 is 0 Å². The Balaban J connectivity index is 1.38. The zero-order valence-corrected chi connectivity index (χ0v) is 15.1. The summed E-state index contributed by atoms with van der Waals surface area (Å²) in [5.41, 5.74) is 0.952. The van der Waals surface area contributed by atoms with E-state index in [2.05, 4.69) is 17.6 Å². The van der Waals surface area contributed by atoms with Crippen LogP contribution in [0.4, 0.5) is 5.69 Å².